The van der Waals surface area contributed by atoms with Crippen molar-refractivity contribution in [1.82, 2.24) is 5.43 Å². The van der Waals surface area contributed by atoms with Gasteiger partial charge in [0.15, 0.2) is 5.75 Å². The topological polar surface area (TPSA) is 129 Å². The SMILES string of the molecule is COc1c(OC(C)=O)ccc(/C=N\NC(=O)OC(C)(C)C)c1[N+](=O)[O-]. The van der Waals surface area contributed by atoms with Gasteiger partial charge >= 0.3 is 17.7 Å². The van der Waals surface area contributed by atoms with Gasteiger partial charge in [-0.05, 0) is 32.9 Å². The number of nitrogens with zero attached hydrogens (tertiary/aromatic N) is 2. The maximum absolute atomic E-state index is 11.5. The van der Waals surface area contributed by atoms with Crippen LogP contribution in [0.15, 0.2) is 17.2 Å². The molecule has 1 aromatic rings. The van der Waals surface area contributed by atoms with E-state index in [2.05, 4.69) is 10.5 Å². The molecule has 0 aliphatic heterocycles. The highest BCUT2D eigenvalue weighted by Crippen LogP contribution is 2.39. The van der Waals surface area contributed by atoms with Crippen LogP contribution in [0, 0.1) is 10.1 Å². The first-order valence-electron chi connectivity index (χ1n) is 7.11. The van der Waals surface area contributed by atoms with Crippen LogP contribution in [0.4, 0.5) is 10.5 Å². The van der Waals surface area contributed by atoms with E-state index >= 15 is 0 Å². The number of hydrogen-bond donors (Lipinski definition) is 1. The molecule has 0 saturated carbocycles. The van der Waals surface area contributed by atoms with Crippen molar-refractivity contribution < 1.29 is 28.7 Å². The van der Waals surface area contributed by atoms with Gasteiger partial charge in [-0.25, -0.2) is 10.2 Å². The number of carbonyl (C=O) groups is 2. The second kappa shape index (κ2) is 8.08. The predicted molar refractivity (Wildman–Crippen MR) is 87.9 cm³/mol. The molecule has 1 rings (SSSR count). The van der Waals surface area contributed by atoms with Gasteiger partial charge < -0.3 is 14.2 Å². The number of nitrogens with one attached hydrogen (secondary N) is 1. The highest BCUT2D eigenvalue weighted by molar-refractivity contribution is 5.89. The smallest absolute Gasteiger partial charge is 0.428 e. The second-order valence-corrected chi connectivity index (χ2v) is 5.76. The zero-order chi connectivity index (χ0) is 19.2. The Kier molecular flexibility index (Phi) is 6.43. The molecule has 25 heavy (non-hydrogen) atoms. The number of methoxy groups -OCH3 is 1. The van der Waals surface area contributed by atoms with Gasteiger partial charge in [-0.2, -0.15) is 5.10 Å². The number of benzene rings is 1. The molecular formula is C15H19N3O7. The Morgan fingerprint density at radius 3 is 2.44 bits per heavy atom. The fraction of sp³-hybridized carbons (Fsp3) is 0.400. The van der Waals surface area contributed by atoms with Crippen LogP contribution in [-0.4, -0.2) is 35.9 Å². The summed E-state index contributed by atoms with van der Waals surface area (Å²) in [7, 11) is 1.20. The summed E-state index contributed by atoms with van der Waals surface area (Å²) in [6.07, 6.45) is 0.247. The van der Waals surface area contributed by atoms with Crippen LogP contribution in [0.3, 0.4) is 0 Å². The number of hydrazone groups is 1. The van der Waals surface area contributed by atoms with E-state index in [1.165, 1.54) is 19.2 Å². The molecule has 0 unspecified atom stereocenters. The average Bonchev–Trinajstić information content (AvgIpc) is 2.45. The highest BCUT2D eigenvalue weighted by atomic mass is 16.6. The Labute approximate surface area is 143 Å². The number of ether oxygens (including phenoxy) is 3. The first-order chi connectivity index (χ1) is 11.5. The monoisotopic (exact) mass is 353 g/mol. The molecule has 0 atom stereocenters. The molecule has 0 heterocycles. The average molecular weight is 353 g/mol. The van der Waals surface area contributed by atoms with Crippen LogP contribution in [0.2, 0.25) is 0 Å². The Hall–Kier alpha value is -3.17. The zero-order valence-electron chi connectivity index (χ0n) is 14.5. The van der Waals surface area contributed by atoms with Gasteiger partial charge in [0.05, 0.1) is 23.8 Å². The minimum Gasteiger partial charge on any atom is -0.488 e. The normalized spacial score (nSPS) is 11.1. The van der Waals surface area contributed by atoms with E-state index in [0.29, 0.717) is 0 Å². The lowest BCUT2D eigenvalue weighted by atomic mass is 10.1. The van der Waals surface area contributed by atoms with Crippen molar-refractivity contribution in [2.24, 2.45) is 5.10 Å². The standard InChI is InChI=1S/C15H19N3O7/c1-9(19)24-11-7-6-10(12(18(21)22)13(11)23-5)8-16-17-14(20)25-15(2,3)4/h6-8H,1-5H3,(H,17,20)/b16-8-. The third kappa shape index (κ3) is 6.09. The molecule has 0 saturated heterocycles. The number of nitro groups is 1. The number of hydrogen-bond acceptors (Lipinski definition) is 8. The quantitative estimate of drug-likeness (QED) is 0.283. The van der Waals surface area contributed by atoms with Crippen LogP contribution in [0.1, 0.15) is 33.3 Å². The van der Waals surface area contributed by atoms with Gasteiger partial charge in [0.2, 0.25) is 5.75 Å². The van der Waals surface area contributed by atoms with Crippen molar-refractivity contribution in [2.75, 3.05) is 7.11 Å². The number of amides is 1. The molecule has 10 nitrogen and oxygen atoms in total. The van der Waals surface area contributed by atoms with Crippen molar-refractivity contribution in [1.29, 1.82) is 0 Å². The number of esters is 1. The fourth-order valence-electron chi connectivity index (χ4n) is 1.75. The molecule has 0 radical (unpaired) electrons. The fourth-order valence-corrected chi connectivity index (χ4v) is 1.75. The van der Waals surface area contributed by atoms with Crippen LogP contribution < -0.4 is 14.9 Å². The molecule has 0 aliphatic rings. The molecular weight excluding hydrogens is 334 g/mol. The molecule has 0 aromatic heterocycles. The molecule has 0 fully saturated rings. The van der Waals surface area contributed by atoms with E-state index in [9.17, 15) is 19.7 Å². The van der Waals surface area contributed by atoms with Crippen molar-refractivity contribution in [3.63, 3.8) is 0 Å². The highest BCUT2D eigenvalue weighted by Gasteiger charge is 2.25. The summed E-state index contributed by atoms with van der Waals surface area (Å²) >= 11 is 0. The van der Waals surface area contributed by atoms with Gasteiger partial charge in [0.1, 0.15) is 5.60 Å². The Morgan fingerprint density at radius 2 is 1.96 bits per heavy atom. The minimum absolute atomic E-state index is 0.0359. The molecule has 1 aromatic carbocycles. The van der Waals surface area contributed by atoms with E-state index in [-0.39, 0.29) is 17.1 Å². The van der Waals surface area contributed by atoms with Crippen LogP contribution in [-0.2, 0) is 9.53 Å². The third-order valence-electron chi connectivity index (χ3n) is 2.53. The number of rotatable bonds is 5. The van der Waals surface area contributed by atoms with Crippen LogP contribution >= 0.6 is 0 Å². The van der Waals surface area contributed by atoms with E-state index in [0.717, 1.165) is 13.1 Å². The van der Waals surface area contributed by atoms with E-state index in [1.807, 2.05) is 0 Å². The first-order valence-corrected chi connectivity index (χ1v) is 7.11. The van der Waals surface area contributed by atoms with Gasteiger partial charge in [0, 0.05) is 6.92 Å². The summed E-state index contributed by atoms with van der Waals surface area (Å²) < 4.78 is 14.8. The molecule has 136 valence electrons. The molecule has 1 N–H and O–H groups in total. The zero-order valence-corrected chi connectivity index (χ0v) is 14.5. The van der Waals surface area contributed by atoms with Crippen LogP contribution in [0.5, 0.6) is 11.5 Å². The van der Waals surface area contributed by atoms with Crippen molar-refractivity contribution in [3.05, 3.63) is 27.8 Å². The van der Waals surface area contributed by atoms with Crippen molar-refractivity contribution >= 4 is 24.0 Å². The van der Waals surface area contributed by atoms with E-state index in [4.69, 9.17) is 14.2 Å². The van der Waals surface area contributed by atoms with E-state index < -0.39 is 28.3 Å². The largest absolute Gasteiger partial charge is 0.488 e. The number of carbonyl (C=O) groups excluding carboxylic acids is 2. The summed E-state index contributed by atoms with van der Waals surface area (Å²) in [5.74, 6) is -0.985. The third-order valence-corrected chi connectivity index (χ3v) is 2.53. The molecule has 10 heteroatoms. The second-order valence-electron chi connectivity index (χ2n) is 5.76. The van der Waals surface area contributed by atoms with Crippen LogP contribution in [0.25, 0.3) is 0 Å². The van der Waals surface area contributed by atoms with Gasteiger partial charge in [-0.15, -0.1) is 0 Å². The maximum atomic E-state index is 11.5. The molecule has 0 bridgehead atoms. The number of nitro benzene ring substituents is 1. The Balaban J connectivity index is 3.11. The van der Waals surface area contributed by atoms with Gasteiger partial charge in [-0.1, -0.05) is 0 Å². The van der Waals surface area contributed by atoms with Gasteiger partial charge in [-0.3, -0.25) is 14.9 Å². The molecule has 0 aliphatic carbocycles. The summed E-state index contributed by atoms with van der Waals surface area (Å²) in [6, 6.07) is 2.63. The lowest BCUT2D eigenvalue weighted by molar-refractivity contribution is -0.385. The summed E-state index contributed by atoms with van der Waals surface area (Å²) in [5, 5.41) is 15.0. The van der Waals surface area contributed by atoms with Crippen molar-refractivity contribution in [2.45, 2.75) is 33.3 Å². The Morgan fingerprint density at radius 1 is 1.32 bits per heavy atom. The summed E-state index contributed by atoms with van der Waals surface area (Å²) in [4.78, 5) is 33.2. The minimum atomic E-state index is -0.810. The summed E-state index contributed by atoms with van der Waals surface area (Å²) in [6.45, 7) is 6.20. The first kappa shape index (κ1) is 19.9. The lowest BCUT2D eigenvalue weighted by Crippen LogP contribution is -2.29. The summed E-state index contributed by atoms with van der Waals surface area (Å²) in [5.41, 5.74) is 0.964. The lowest BCUT2D eigenvalue weighted by Gasteiger charge is -2.18. The Bertz CT molecular complexity index is 708. The predicted octanol–water partition coefficient (Wildman–Crippen LogP) is 2.39. The van der Waals surface area contributed by atoms with E-state index in [1.54, 1.807) is 20.8 Å². The molecule has 1 amide bonds. The molecule has 0 spiro atoms. The van der Waals surface area contributed by atoms with Crippen molar-refractivity contribution in [3.8, 4) is 11.5 Å². The van der Waals surface area contributed by atoms with Gasteiger partial charge in [0.25, 0.3) is 0 Å². The maximum Gasteiger partial charge on any atom is 0.428 e.